The van der Waals surface area contributed by atoms with Gasteiger partial charge in [-0.15, -0.1) is 10.2 Å². The Kier molecular flexibility index (Phi) is 5.35. The van der Waals surface area contributed by atoms with Crippen LogP contribution in [0.25, 0.3) is 10.6 Å². The summed E-state index contributed by atoms with van der Waals surface area (Å²) in [6.07, 6.45) is 0. The summed E-state index contributed by atoms with van der Waals surface area (Å²) in [7, 11) is 0. The number of aromatic nitrogens is 2. The van der Waals surface area contributed by atoms with Crippen molar-refractivity contribution < 1.29 is 4.79 Å². The Labute approximate surface area is 160 Å². The molecule has 3 rings (SSSR count). The largest absolute Gasteiger partial charge is 0.325 e. The third-order valence-corrected chi connectivity index (χ3v) is 4.88. The maximum Gasteiger partial charge on any atom is 0.325 e. The Morgan fingerprint density at radius 3 is 2.50 bits per heavy atom. The molecule has 0 aliphatic carbocycles. The molecule has 24 heavy (non-hydrogen) atoms. The lowest BCUT2D eigenvalue weighted by Crippen LogP contribution is -2.19. The number of anilines is 2. The number of hydrogen-bond acceptors (Lipinski definition) is 4. The molecule has 2 N–H and O–H groups in total. The standard InChI is InChI=1S/C15H9BrCl2N4OS/c16-9-3-1-8(2-4-9)13-21-22-15(24-13)20-14(23)19-12-6-5-10(17)7-11(12)18/h1-7H,(H2,19,20,22,23). The van der Waals surface area contributed by atoms with Crippen molar-refractivity contribution in [2.45, 2.75) is 0 Å². The van der Waals surface area contributed by atoms with E-state index in [-0.39, 0.29) is 0 Å². The first-order valence-electron chi connectivity index (χ1n) is 6.64. The van der Waals surface area contributed by atoms with E-state index in [1.807, 2.05) is 24.3 Å². The highest BCUT2D eigenvalue weighted by molar-refractivity contribution is 9.10. The van der Waals surface area contributed by atoms with Crippen LogP contribution in [0, 0.1) is 0 Å². The molecule has 0 spiro atoms. The molecule has 3 aromatic rings. The molecule has 0 unspecified atom stereocenters. The minimum atomic E-state index is -0.460. The molecule has 1 aromatic heterocycles. The van der Waals surface area contributed by atoms with E-state index < -0.39 is 6.03 Å². The SMILES string of the molecule is O=C(Nc1nnc(-c2ccc(Br)cc2)s1)Nc1ccc(Cl)cc1Cl. The Hall–Kier alpha value is -1.67. The minimum Gasteiger partial charge on any atom is -0.306 e. The molecule has 0 fully saturated rings. The summed E-state index contributed by atoms with van der Waals surface area (Å²) in [4.78, 5) is 12.0. The molecule has 122 valence electrons. The van der Waals surface area contributed by atoms with Gasteiger partial charge in [-0.25, -0.2) is 4.79 Å². The summed E-state index contributed by atoms with van der Waals surface area (Å²) in [5.41, 5.74) is 1.38. The molecular weight excluding hydrogens is 435 g/mol. The van der Waals surface area contributed by atoms with Crippen LogP contribution in [0.15, 0.2) is 46.9 Å². The highest BCUT2D eigenvalue weighted by atomic mass is 79.9. The molecule has 9 heteroatoms. The van der Waals surface area contributed by atoms with Crippen LogP contribution in [-0.2, 0) is 0 Å². The zero-order valence-corrected chi connectivity index (χ0v) is 15.8. The lowest BCUT2D eigenvalue weighted by atomic mass is 10.2. The number of hydrogen-bond donors (Lipinski definition) is 2. The van der Waals surface area contributed by atoms with Gasteiger partial charge in [0, 0.05) is 15.1 Å². The molecule has 0 bridgehead atoms. The molecule has 0 atom stereocenters. The monoisotopic (exact) mass is 442 g/mol. The van der Waals surface area contributed by atoms with Crippen molar-refractivity contribution in [2.24, 2.45) is 0 Å². The molecule has 0 aliphatic heterocycles. The molecule has 2 aromatic carbocycles. The third kappa shape index (κ3) is 4.24. The molecule has 5 nitrogen and oxygen atoms in total. The van der Waals surface area contributed by atoms with E-state index >= 15 is 0 Å². The average molecular weight is 444 g/mol. The van der Waals surface area contributed by atoms with Crippen molar-refractivity contribution in [1.29, 1.82) is 0 Å². The van der Waals surface area contributed by atoms with Gasteiger partial charge in [-0.2, -0.15) is 0 Å². The number of benzene rings is 2. The number of nitrogens with one attached hydrogen (secondary N) is 2. The summed E-state index contributed by atoms with van der Waals surface area (Å²) < 4.78 is 0.980. The second-order valence-corrected chi connectivity index (χ2v) is 7.36. The second kappa shape index (κ2) is 7.48. The number of nitrogens with zero attached hydrogens (tertiary/aromatic N) is 2. The van der Waals surface area contributed by atoms with E-state index in [4.69, 9.17) is 23.2 Å². The van der Waals surface area contributed by atoms with Gasteiger partial charge in [-0.05, 0) is 30.3 Å². The van der Waals surface area contributed by atoms with Crippen molar-refractivity contribution in [3.05, 3.63) is 57.0 Å². The lowest BCUT2D eigenvalue weighted by Gasteiger charge is -2.07. The molecular formula is C15H9BrCl2N4OS. The summed E-state index contributed by atoms with van der Waals surface area (Å²) in [6.45, 7) is 0. The van der Waals surface area contributed by atoms with Gasteiger partial charge in [0.15, 0.2) is 0 Å². The van der Waals surface area contributed by atoms with E-state index in [0.29, 0.717) is 25.9 Å². The highest BCUT2D eigenvalue weighted by Gasteiger charge is 2.11. The van der Waals surface area contributed by atoms with Gasteiger partial charge in [0.05, 0.1) is 10.7 Å². The first kappa shape index (κ1) is 17.2. The summed E-state index contributed by atoms with van der Waals surface area (Å²) in [5, 5.41) is 15.2. The van der Waals surface area contributed by atoms with Crippen molar-refractivity contribution >= 4 is 67.3 Å². The first-order valence-corrected chi connectivity index (χ1v) is 9.00. The molecule has 0 saturated heterocycles. The average Bonchev–Trinajstić information content (AvgIpc) is 2.99. The van der Waals surface area contributed by atoms with Crippen molar-refractivity contribution in [1.82, 2.24) is 10.2 Å². The fraction of sp³-hybridized carbons (Fsp3) is 0. The van der Waals surface area contributed by atoms with Gasteiger partial charge in [0.25, 0.3) is 0 Å². The normalized spacial score (nSPS) is 10.5. The number of amides is 2. The number of halogens is 3. The first-order chi connectivity index (χ1) is 11.5. The Bertz CT molecular complexity index is 885. The van der Waals surface area contributed by atoms with Crippen molar-refractivity contribution in [3.8, 4) is 10.6 Å². The van der Waals surface area contributed by atoms with Crippen molar-refractivity contribution in [2.75, 3.05) is 10.6 Å². The Balaban J connectivity index is 1.68. The predicted molar refractivity (Wildman–Crippen MR) is 102 cm³/mol. The Morgan fingerprint density at radius 1 is 1.04 bits per heavy atom. The highest BCUT2D eigenvalue weighted by Crippen LogP contribution is 2.28. The second-order valence-electron chi connectivity index (χ2n) is 4.62. The van der Waals surface area contributed by atoms with Gasteiger partial charge in [0.1, 0.15) is 5.01 Å². The smallest absolute Gasteiger partial charge is 0.306 e. The van der Waals surface area contributed by atoms with Gasteiger partial charge in [0.2, 0.25) is 5.13 Å². The number of rotatable bonds is 3. The van der Waals surface area contributed by atoms with E-state index in [1.165, 1.54) is 11.3 Å². The molecule has 0 radical (unpaired) electrons. The van der Waals surface area contributed by atoms with E-state index in [1.54, 1.807) is 18.2 Å². The van der Waals surface area contributed by atoms with E-state index in [2.05, 4.69) is 36.8 Å². The lowest BCUT2D eigenvalue weighted by molar-refractivity contribution is 0.262. The van der Waals surface area contributed by atoms with Crippen LogP contribution in [0.5, 0.6) is 0 Å². The maximum absolute atomic E-state index is 12.0. The van der Waals surface area contributed by atoms with Crippen LogP contribution in [0.4, 0.5) is 15.6 Å². The van der Waals surface area contributed by atoms with Crippen molar-refractivity contribution in [3.63, 3.8) is 0 Å². The topological polar surface area (TPSA) is 66.9 Å². The fourth-order valence-corrected chi connectivity index (χ4v) is 3.29. The molecule has 0 aliphatic rings. The number of carbonyl (C=O) groups excluding carboxylic acids is 1. The maximum atomic E-state index is 12.0. The third-order valence-electron chi connectivity index (χ3n) is 2.92. The van der Waals surface area contributed by atoms with Crippen LogP contribution in [0.1, 0.15) is 0 Å². The molecule has 2 amide bonds. The van der Waals surface area contributed by atoms with Crippen LogP contribution in [0.2, 0.25) is 10.0 Å². The zero-order chi connectivity index (χ0) is 17.1. The van der Waals surface area contributed by atoms with Crippen LogP contribution < -0.4 is 10.6 Å². The van der Waals surface area contributed by atoms with Gasteiger partial charge >= 0.3 is 6.03 Å². The minimum absolute atomic E-state index is 0.352. The van der Waals surface area contributed by atoms with Crippen LogP contribution in [0.3, 0.4) is 0 Å². The molecule has 0 saturated carbocycles. The van der Waals surface area contributed by atoms with E-state index in [9.17, 15) is 4.79 Å². The van der Waals surface area contributed by atoms with Crippen LogP contribution >= 0.6 is 50.5 Å². The molecule has 1 heterocycles. The predicted octanol–water partition coefficient (Wildman–Crippen LogP) is 5.92. The van der Waals surface area contributed by atoms with E-state index in [0.717, 1.165) is 10.0 Å². The van der Waals surface area contributed by atoms with Crippen LogP contribution in [-0.4, -0.2) is 16.2 Å². The summed E-state index contributed by atoms with van der Waals surface area (Å²) in [6, 6.07) is 12.0. The van der Waals surface area contributed by atoms with Gasteiger partial charge < -0.3 is 5.32 Å². The Morgan fingerprint density at radius 2 is 1.79 bits per heavy atom. The van der Waals surface area contributed by atoms with Gasteiger partial charge in [-0.1, -0.05) is 62.6 Å². The summed E-state index contributed by atoms with van der Waals surface area (Å²) >= 11 is 16.5. The van der Waals surface area contributed by atoms with Gasteiger partial charge in [-0.3, -0.25) is 5.32 Å². The number of urea groups is 1. The zero-order valence-electron chi connectivity index (χ0n) is 11.9. The quantitative estimate of drug-likeness (QED) is 0.527. The fourth-order valence-electron chi connectivity index (χ4n) is 1.82. The summed E-state index contributed by atoms with van der Waals surface area (Å²) in [5.74, 6) is 0. The number of carbonyl (C=O) groups is 1.